The van der Waals surface area contributed by atoms with Crippen molar-refractivity contribution in [3.8, 4) is 0 Å². The summed E-state index contributed by atoms with van der Waals surface area (Å²) in [6.07, 6.45) is 2.26. The van der Waals surface area contributed by atoms with Gasteiger partial charge in [0.05, 0.1) is 5.92 Å². The van der Waals surface area contributed by atoms with Gasteiger partial charge in [-0.05, 0) is 18.9 Å². The monoisotopic (exact) mass is 198 g/mol. The van der Waals surface area contributed by atoms with Gasteiger partial charge in [0.1, 0.15) is 0 Å². The summed E-state index contributed by atoms with van der Waals surface area (Å²) in [6.45, 7) is 7.04. The molecule has 0 aliphatic carbocycles. The molecule has 0 radical (unpaired) electrons. The van der Waals surface area contributed by atoms with Crippen LogP contribution in [0.15, 0.2) is 0 Å². The Balaban J connectivity index is 2.39. The fraction of sp³-hybridized carbons (Fsp3) is 0.909. The molecule has 1 N–H and O–H groups in total. The molecule has 2 atom stereocenters. The zero-order valence-corrected chi connectivity index (χ0v) is 9.55. The first-order chi connectivity index (χ1) is 6.66. The molecule has 1 amide bonds. The van der Waals surface area contributed by atoms with Crippen molar-refractivity contribution < 1.29 is 4.79 Å². The standard InChI is InChI=1S/C11H22N2O/c1-4-5-6-13(3)11(14)10-8-12-7-9(10)2/h9-10,12H,4-8H2,1-3H3/t9-,10-/m1/s1. The van der Waals surface area contributed by atoms with Crippen LogP contribution in [0.2, 0.25) is 0 Å². The molecule has 0 spiro atoms. The van der Waals surface area contributed by atoms with Gasteiger partial charge in [-0.1, -0.05) is 20.3 Å². The quantitative estimate of drug-likeness (QED) is 0.733. The summed E-state index contributed by atoms with van der Waals surface area (Å²) >= 11 is 0. The van der Waals surface area contributed by atoms with Gasteiger partial charge >= 0.3 is 0 Å². The van der Waals surface area contributed by atoms with Gasteiger partial charge in [0.25, 0.3) is 0 Å². The Morgan fingerprint density at radius 1 is 1.50 bits per heavy atom. The molecule has 1 fully saturated rings. The predicted octanol–water partition coefficient (Wildman–Crippen LogP) is 1.10. The van der Waals surface area contributed by atoms with Crippen molar-refractivity contribution in [3.63, 3.8) is 0 Å². The van der Waals surface area contributed by atoms with Gasteiger partial charge in [-0.2, -0.15) is 0 Å². The Morgan fingerprint density at radius 3 is 2.71 bits per heavy atom. The lowest BCUT2D eigenvalue weighted by Crippen LogP contribution is -2.36. The Hall–Kier alpha value is -0.570. The second kappa shape index (κ2) is 5.35. The molecule has 82 valence electrons. The minimum atomic E-state index is 0.205. The zero-order valence-electron chi connectivity index (χ0n) is 9.55. The van der Waals surface area contributed by atoms with Crippen molar-refractivity contribution in [1.29, 1.82) is 0 Å². The molecule has 1 rings (SSSR count). The van der Waals surface area contributed by atoms with Crippen molar-refractivity contribution in [2.45, 2.75) is 26.7 Å². The average molecular weight is 198 g/mol. The van der Waals surface area contributed by atoms with Gasteiger partial charge in [-0.15, -0.1) is 0 Å². The Labute approximate surface area is 86.9 Å². The molecule has 1 heterocycles. The number of hydrogen-bond acceptors (Lipinski definition) is 2. The highest BCUT2D eigenvalue weighted by Crippen LogP contribution is 2.18. The van der Waals surface area contributed by atoms with Gasteiger partial charge < -0.3 is 10.2 Å². The van der Waals surface area contributed by atoms with Crippen LogP contribution in [0.4, 0.5) is 0 Å². The number of nitrogens with one attached hydrogen (secondary N) is 1. The number of amides is 1. The van der Waals surface area contributed by atoms with E-state index in [2.05, 4.69) is 19.2 Å². The summed E-state index contributed by atoms with van der Waals surface area (Å²) < 4.78 is 0. The number of carbonyl (C=O) groups is 1. The van der Waals surface area contributed by atoms with Crippen LogP contribution in [-0.4, -0.2) is 37.5 Å². The van der Waals surface area contributed by atoms with Crippen LogP contribution < -0.4 is 5.32 Å². The maximum Gasteiger partial charge on any atom is 0.227 e. The normalized spacial score (nSPS) is 26.5. The summed E-state index contributed by atoms with van der Waals surface area (Å²) in [5, 5.41) is 3.27. The first kappa shape index (κ1) is 11.5. The second-order valence-electron chi connectivity index (χ2n) is 4.36. The summed E-state index contributed by atoms with van der Waals surface area (Å²) in [7, 11) is 1.92. The lowest BCUT2D eigenvalue weighted by Gasteiger charge is -2.22. The lowest BCUT2D eigenvalue weighted by molar-refractivity contribution is -0.134. The van der Waals surface area contributed by atoms with E-state index in [0.29, 0.717) is 11.8 Å². The molecule has 0 aromatic rings. The first-order valence-corrected chi connectivity index (χ1v) is 5.62. The number of hydrogen-bond donors (Lipinski definition) is 1. The van der Waals surface area contributed by atoms with E-state index >= 15 is 0 Å². The third-order valence-corrected chi connectivity index (χ3v) is 3.06. The number of nitrogens with zero attached hydrogens (tertiary/aromatic N) is 1. The smallest absolute Gasteiger partial charge is 0.227 e. The number of rotatable bonds is 4. The van der Waals surface area contributed by atoms with E-state index in [-0.39, 0.29) is 5.92 Å². The van der Waals surface area contributed by atoms with E-state index in [1.807, 2.05) is 11.9 Å². The van der Waals surface area contributed by atoms with Gasteiger partial charge in [0, 0.05) is 20.1 Å². The third kappa shape index (κ3) is 2.71. The molecule has 3 nitrogen and oxygen atoms in total. The Bertz CT molecular complexity index is 194. The lowest BCUT2D eigenvalue weighted by atomic mass is 9.97. The van der Waals surface area contributed by atoms with E-state index in [9.17, 15) is 4.79 Å². The van der Waals surface area contributed by atoms with Crippen molar-refractivity contribution >= 4 is 5.91 Å². The Morgan fingerprint density at radius 2 is 2.21 bits per heavy atom. The second-order valence-corrected chi connectivity index (χ2v) is 4.36. The summed E-state index contributed by atoms with van der Waals surface area (Å²) in [5.74, 6) is 1.01. The van der Waals surface area contributed by atoms with E-state index < -0.39 is 0 Å². The van der Waals surface area contributed by atoms with Crippen molar-refractivity contribution in [1.82, 2.24) is 10.2 Å². The molecular formula is C11H22N2O. The number of carbonyl (C=O) groups excluding carboxylic acids is 1. The topological polar surface area (TPSA) is 32.3 Å². The van der Waals surface area contributed by atoms with E-state index in [0.717, 1.165) is 32.5 Å². The average Bonchev–Trinajstić information content (AvgIpc) is 2.59. The minimum Gasteiger partial charge on any atom is -0.345 e. The first-order valence-electron chi connectivity index (χ1n) is 5.62. The highest BCUT2D eigenvalue weighted by molar-refractivity contribution is 5.79. The fourth-order valence-electron chi connectivity index (χ4n) is 1.93. The molecular weight excluding hydrogens is 176 g/mol. The molecule has 0 aromatic carbocycles. The highest BCUT2D eigenvalue weighted by Gasteiger charge is 2.31. The van der Waals surface area contributed by atoms with Crippen molar-refractivity contribution in [2.75, 3.05) is 26.7 Å². The van der Waals surface area contributed by atoms with Crippen LogP contribution >= 0.6 is 0 Å². The maximum atomic E-state index is 11.9. The van der Waals surface area contributed by atoms with Crippen molar-refractivity contribution in [2.24, 2.45) is 11.8 Å². The van der Waals surface area contributed by atoms with Gasteiger partial charge in [-0.25, -0.2) is 0 Å². The van der Waals surface area contributed by atoms with Gasteiger partial charge in [0.15, 0.2) is 0 Å². The molecule has 1 aliphatic rings. The minimum absolute atomic E-state index is 0.205. The zero-order chi connectivity index (χ0) is 10.6. The van der Waals surface area contributed by atoms with Crippen LogP contribution in [0.25, 0.3) is 0 Å². The van der Waals surface area contributed by atoms with Crippen LogP contribution in [0.1, 0.15) is 26.7 Å². The van der Waals surface area contributed by atoms with E-state index in [1.54, 1.807) is 0 Å². The molecule has 1 aliphatic heterocycles. The molecule has 0 unspecified atom stereocenters. The molecule has 0 saturated carbocycles. The summed E-state index contributed by atoms with van der Waals surface area (Å²) in [6, 6.07) is 0. The van der Waals surface area contributed by atoms with Gasteiger partial charge in [-0.3, -0.25) is 4.79 Å². The fourth-order valence-corrected chi connectivity index (χ4v) is 1.93. The van der Waals surface area contributed by atoms with Crippen LogP contribution in [0, 0.1) is 11.8 Å². The largest absolute Gasteiger partial charge is 0.345 e. The molecule has 3 heteroatoms. The van der Waals surface area contributed by atoms with Crippen molar-refractivity contribution in [3.05, 3.63) is 0 Å². The van der Waals surface area contributed by atoms with Gasteiger partial charge in [0.2, 0.25) is 5.91 Å². The SMILES string of the molecule is CCCCN(C)C(=O)[C@@H]1CNC[C@H]1C. The maximum absolute atomic E-state index is 11.9. The molecule has 0 aromatic heterocycles. The Kier molecular flexibility index (Phi) is 4.39. The molecule has 14 heavy (non-hydrogen) atoms. The van der Waals surface area contributed by atoms with Crippen LogP contribution in [0.5, 0.6) is 0 Å². The predicted molar refractivity (Wildman–Crippen MR) is 58.1 cm³/mol. The van der Waals surface area contributed by atoms with Crippen LogP contribution in [-0.2, 0) is 4.79 Å². The van der Waals surface area contributed by atoms with Crippen LogP contribution in [0.3, 0.4) is 0 Å². The summed E-state index contributed by atoms with van der Waals surface area (Å²) in [4.78, 5) is 13.8. The molecule has 0 bridgehead atoms. The highest BCUT2D eigenvalue weighted by atomic mass is 16.2. The van der Waals surface area contributed by atoms with E-state index in [1.165, 1.54) is 0 Å². The summed E-state index contributed by atoms with van der Waals surface area (Å²) in [5.41, 5.74) is 0. The number of unbranched alkanes of at least 4 members (excludes halogenated alkanes) is 1. The molecule has 1 saturated heterocycles. The van der Waals surface area contributed by atoms with E-state index in [4.69, 9.17) is 0 Å². The third-order valence-electron chi connectivity index (χ3n) is 3.06.